The maximum absolute atomic E-state index is 13.8. The van der Waals surface area contributed by atoms with Gasteiger partial charge in [0.1, 0.15) is 0 Å². The van der Waals surface area contributed by atoms with Crippen molar-refractivity contribution in [2.24, 2.45) is 17.6 Å². The minimum atomic E-state index is -0.263. The molecule has 0 bridgehead atoms. The van der Waals surface area contributed by atoms with Gasteiger partial charge in [0.2, 0.25) is 0 Å². The van der Waals surface area contributed by atoms with Crippen LogP contribution in [0.2, 0.25) is 0 Å². The number of nitrogens with two attached hydrogens (primary N) is 1. The molecule has 3 unspecified atom stereocenters. The van der Waals surface area contributed by atoms with Gasteiger partial charge in [-0.05, 0) is 49.3 Å². The standard InChI is InChI=1S/C16H23FN2O.ClH/c1-2-20-16-6-3-11(7-14(16)17)8-19-9-12-4-5-15(18)13(12)10-19;/h3,6-7,12-13,15H,2,4-5,8-10,18H2,1H3;1H. The fraction of sp³-hybridized carbons (Fsp3) is 0.625. The minimum absolute atomic E-state index is 0. The van der Waals surface area contributed by atoms with Gasteiger partial charge in [-0.15, -0.1) is 12.4 Å². The summed E-state index contributed by atoms with van der Waals surface area (Å²) in [6.45, 7) is 5.32. The first-order valence-corrected chi connectivity index (χ1v) is 7.56. The summed E-state index contributed by atoms with van der Waals surface area (Å²) in [5, 5.41) is 0. The van der Waals surface area contributed by atoms with E-state index in [4.69, 9.17) is 10.5 Å². The Hall–Kier alpha value is -0.840. The molecule has 2 fully saturated rings. The first-order valence-electron chi connectivity index (χ1n) is 7.56. The third-order valence-electron chi connectivity index (χ3n) is 4.69. The number of hydrogen-bond acceptors (Lipinski definition) is 3. The summed E-state index contributed by atoms with van der Waals surface area (Å²) in [7, 11) is 0. The number of benzene rings is 1. The summed E-state index contributed by atoms with van der Waals surface area (Å²) in [6, 6.07) is 5.65. The highest BCUT2D eigenvalue weighted by Gasteiger charge is 2.40. The largest absolute Gasteiger partial charge is 0.491 e. The van der Waals surface area contributed by atoms with Crippen LogP contribution in [0.4, 0.5) is 4.39 Å². The van der Waals surface area contributed by atoms with Crippen LogP contribution in [-0.4, -0.2) is 30.6 Å². The molecule has 3 atom stereocenters. The van der Waals surface area contributed by atoms with Crippen LogP contribution in [0.3, 0.4) is 0 Å². The van der Waals surface area contributed by atoms with Crippen LogP contribution in [0.1, 0.15) is 25.3 Å². The topological polar surface area (TPSA) is 38.5 Å². The molecule has 0 radical (unpaired) electrons. The first kappa shape index (κ1) is 16.5. The zero-order chi connectivity index (χ0) is 14.1. The Morgan fingerprint density at radius 3 is 2.81 bits per heavy atom. The van der Waals surface area contributed by atoms with Gasteiger partial charge < -0.3 is 10.5 Å². The highest BCUT2D eigenvalue weighted by molar-refractivity contribution is 5.85. The second-order valence-corrected chi connectivity index (χ2v) is 6.06. The predicted octanol–water partition coefficient (Wildman–Crippen LogP) is 2.82. The molecule has 3 nitrogen and oxygen atoms in total. The van der Waals surface area contributed by atoms with Crippen LogP contribution in [-0.2, 0) is 6.54 Å². The van der Waals surface area contributed by atoms with Gasteiger partial charge in [-0.25, -0.2) is 4.39 Å². The summed E-state index contributed by atoms with van der Waals surface area (Å²) in [6.07, 6.45) is 2.42. The van der Waals surface area contributed by atoms with E-state index in [2.05, 4.69) is 4.90 Å². The van der Waals surface area contributed by atoms with Crippen molar-refractivity contribution in [1.82, 2.24) is 4.90 Å². The predicted molar refractivity (Wildman–Crippen MR) is 84.3 cm³/mol. The van der Waals surface area contributed by atoms with Crippen molar-refractivity contribution in [2.75, 3.05) is 19.7 Å². The quantitative estimate of drug-likeness (QED) is 0.929. The zero-order valence-electron chi connectivity index (χ0n) is 12.4. The summed E-state index contributed by atoms with van der Waals surface area (Å²) in [4.78, 5) is 2.41. The molecule has 1 saturated heterocycles. The van der Waals surface area contributed by atoms with Crippen LogP contribution in [0.25, 0.3) is 0 Å². The van der Waals surface area contributed by atoms with E-state index in [-0.39, 0.29) is 18.2 Å². The van der Waals surface area contributed by atoms with Crippen LogP contribution in [0.5, 0.6) is 5.75 Å². The van der Waals surface area contributed by atoms with Crippen molar-refractivity contribution in [3.8, 4) is 5.75 Å². The lowest BCUT2D eigenvalue weighted by Gasteiger charge is -2.18. The molecule has 1 aromatic rings. The first-order chi connectivity index (χ1) is 9.67. The molecule has 3 rings (SSSR count). The number of hydrogen-bond donors (Lipinski definition) is 1. The Morgan fingerprint density at radius 2 is 2.14 bits per heavy atom. The average Bonchev–Trinajstić information content (AvgIpc) is 2.96. The molecule has 0 spiro atoms. The zero-order valence-corrected chi connectivity index (χ0v) is 13.2. The molecule has 1 aliphatic heterocycles. The molecule has 2 aliphatic rings. The molecule has 1 aromatic carbocycles. The molecule has 1 heterocycles. The van der Waals surface area contributed by atoms with Crippen LogP contribution < -0.4 is 10.5 Å². The van der Waals surface area contributed by atoms with Gasteiger partial charge in [0, 0.05) is 25.7 Å². The molecular formula is C16H24ClFN2O. The van der Waals surface area contributed by atoms with E-state index in [0.717, 1.165) is 31.1 Å². The number of rotatable bonds is 4. The van der Waals surface area contributed by atoms with Gasteiger partial charge in [0.15, 0.2) is 11.6 Å². The van der Waals surface area contributed by atoms with Crippen LogP contribution in [0.15, 0.2) is 18.2 Å². The molecule has 21 heavy (non-hydrogen) atoms. The van der Waals surface area contributed by atoms with Crippen LogP contribution in [0, 0.1) is 17.7 Å². The van der Waals surface area contributed by atoms with Gasteiger partial charge >= 0.3 is 0 Å². The number of nitrogens with zero attached hydrogens (tertiary/aromatic N) is 1. The summed E-state index contributed by atoms with van der Waals surface area (Å²) < 4.78 is 19.1. The fourth-order valence-corrected chi connectivity index (χ4v) is 3.70. The lowest BCUT2D eigenvalue weighted by molar-refractivity contribution is 0.296. The minimum Gasteiger partial charge on any atom is -0.491 e. The average molecular weight is 315 g/mol. The fourth-order valence-electron chi connectivity index (χ4n) is 3.70. The number of fused-ring (bicyclic) bond motifs is 1. The van der Waals surface area contributed by atoms with Crippen molar-refractivity contribution >= 4 is 12.4 Å². The van der Waals surface area contributed by atoms with Crippen molar-refractivity contribution in [3.63, 3.8) is 0 Å². The molecule has 0 aromatic heterocycles. The van der Waals surface area contributed by atoms with E-state index in [1.165, 1.54) is 12.8 Å². The molecule has 118 valence electrons. The van der Waals surface area contributed by atoms with Crippen molar-refractivity contribution < 1.29 is 9.13 Å². The lowest BCUT2D eigenvalue weighted by atomic mass is 9.98. The highest BCUT2D eigenvalue weighted by atomic mass is 35.5. The summed E-state index contributed by atoms with van der Waals surface area (Å²) >= 11 is 0. The van der Waals surface area contributed by atoms with Crippen molar-refractivity contribution in [1.29, 1.82) is 0 Å². The Bertz CT molecular complexity index is 485. The normalized spacial score (nSPS) is 28.2. The third-order valence-corrected chi connectivity index (χ3v) is 4.69. The maximum Gasteiger partial charge on any atom is 0.165 e. The Kier molecular flexibility index (Phi) is 5.47. The smallest absolute Gasteiger partial charge is 0.165 e. The molecule has 0 amide bonds. The van der Waals surface area contributed by atoms with E-state index in [9.17, 15) is 4.39 Å². The van der Waals surface area contributed by atoms with Crippen molar-refractivity contribution in [2.45, 2.75) is 32.4 Å². The van der Waals surface area contributed by atoms with Gasteiger partial charge in [-0.1, -0.05) is 6.07 Å². The number of halogens is 2. The maximum atomic E-state index is 13.8. The number of ether oxygens (including phenoxy) is 1. The molecule has 1 saturated carbocycles. The van der Waals surface area contributed by atoms with Gasteiger partial charge in [-0.2, -0.15) is 0 Å². The molecule has 1 aliphatic carbocycles. The second-order valence-electron chi connectivity index (χ2n) is 6.06. The van der Waals surface area contributed by atoms with Crippen LogP contribution >= 0.6 is 12.4 Å². The van der Waals surface area contributed by atoms with E-state index in [1.807, 2.05) is 13.0 Å². The Labute approximate surface area is 132 Å². The molecule has 5 heteroatoms. The Balaban J connectivity index is 0.00000161. The second kappa shape index (κ2) is 6.95. The molecule has 2 N–H and O–H groups in total. The van der Waals surface area contributed by atoms with E-state index < -0.39 is 0 Å². The molecular weight excluding hydrogens is 291 g/mol. The van der Waals surface area contributed by atoms with E-state index in [1.54, 1.807) is 12.1 Å². The van der Waals surface area contributed by atoms with Gasteiger partial charge in [-0.3, -0.25) is 4.90 Å². The van der Waals surface area contributed by atoms with Gasteiger partial charge in [0.25, 0.3) is 0 Å². The van der Waals surface area contributed by atoms with E-state index >= 15 is 0 Å². The third kappa shape index (κ3) is 3.50. The SMILES string of the molecule is CCOc1ccc(CN2CC3CCC(N)C3C2)cc1F.Cl. The lowest BCUT2D eigenvalue weighted by Crippen LogP contribution is -2.30. The van der Waals surface area contributed by atoms with E-state index in [0.29, 0.717) is 24.3 Å². The summed E-state index contributed by atoms with van der Waals surface area (Å²) in [5.74, 6) is 1.47. The van der Waals surface area contributed by atoms with Crippen molar-refractivity contribution in [3.05, 3.63) is 29.6 Å². The highest BCUT2D eigenvalue weighted by Crippen LogP contribution is 2.37. The number of likely N-dealkylation sites (tertiary alicyclic amines) is 1. The summed E-state index contributed by atoms with van der Waals surface area (Å²) in [5.41, 5.74) is 7.16. The Morgan fingerprint density at radius 1 is 1.33 bits per heavy atom. The van der Waals surface area contributed by atoms with Gasteiger partial charge in [0.05, 0.1) is 6.61 Å². The monoisotopic (exact) mass is 314 g/mol.